The number of nitrogens with one attached hydrogen (secondary N) is 4. The first-order chi connectivity index (χ1) is 16.8. The van der Waals surface area contributed by atoms with Crippen molar-refractivity contribution in [3.05, 3.63) is 71.8 Å². The number of thiocarbonyl (C=S) groups is 1. The van der Waals surface area contributed by atoms with Crippen molar-refractivity contribution >= 4 is 41.2 Å². The number of ether oxygens (including phenoxy) is 2. The van der Waals surface area contributed by atoms with Gasteiger partial charge in [0.1, 0.15) is 18.7 Å². The number of esters is 1. The van der Waals surface area contributed by atoms with Crippen molar-refractivity contribution in [3.8, 4) is 0 Å². The van der Waals surface area contributed by atoms with E-state index in [4.69, 9.17) is 32.8 Å². The molecule has 10 nitrogen and oxygen atoms in total. The normalized spacial score (nSPS) is 11.9. The van der Waals surface area contributed by atoms with Crippen molar-refractivity contribution < 1.29 is 23.9 Å². The van der Waals surface area contributed by atoms with Crippen LogP contribution in [0.1, 0.15) is 30.9 Å². The van der Waals surface area contributed by atoms with Gasteiger partial charge >= 0.3 is 12.1 Å². The van der Waals surface area contributed by atoms with Gasteiger partial charge in [-0.25, -0.2) is 9.59 Å². The molecule has 0 fully saturated rings. The van der Waals surface area contributed by atoms with E-state index in [-0.39, 0.29) is 24.0 Å². The molecule has 6 N–H and O–H groups in total. The number of rotatable bonds is 11. The maximum absolute atomic E-state index is 12.8. The van der Waals surface area contributed by atoms with Gasteiger partial charge in [0, 0.05) is 12.1 Å². The maximum atomic E-state index is 12.8. The molecule has 2 amide bonds. The molecule has 0 radical (unpaired) electrons. The molecule has 0 spiro atoms. The number of guanidine groups is 1. The zero-order valence-electron chi connectivity index (χ0n) is 19.3. The van der Waals surface area contributed by atoms with E-state index in [0.29, 0.717) is 18.5 Å². The molecule has 0 unspecified atom stereocenters. The minimum atomic E-state index is -1.04. The summed E-state index contributed by atoms with van der Waals surface area (Å²) < 4.78 is 10.4. The fraction of sp³-hybridized carbons (Fsp3) is 0.292. The molecular weight excluding hydrogens is 470 g/mol. The van der Waals surface area contributed by atoms with Gasteiger partial charge in [0.25, 0.3) is 0 Å². The van der Waals surface area contributed by atoms with Crippen molar-refractivity contribution in [2.75, 3.05) is 6.54 Å². The van der Waals surface area contributed by atoms with Crippen molar-refractivity contribution in [2.45, 2.75) is 38.5 Å². The van der Waals surface area contributed by atoms with E-state index < -0.39 is 30.1 Å². The minimum Gasteiger partial charge on any atom is -0.445 e. The maximum Gasteiger partial charge on any atom is 0.408 e. The average molecular weight is 500 g/mol. The average Bonchev–Trinajstić information content (AvgIpc) is 2.85. The van der Waals surface area contributed by atoms with Gasteiger partial charge in [0.2, 0.25) is 11.0 Å². The van der Waals surface area contributed by atoms with Crippen LogP contribution in [0.5, 0.6) is 0 Å². The molecule has 0 aliphatic heterocycles. The number of benzene rings is 2. The van der Waals surface area contributed by atoms with Crippen LogP contribution in [-0.2, 0) is 25.7 Å². The molecule has 0 aliphatic carbocycles. The van der Waals surface area contributed by atoms with Crippen LogP contribution in [0.25, 0.3) is 0 Å². The summed E-state index contributed by atoms with van der Waals surface area (Å²) in [4.78, 5) is 37.5. The van der Waals surface area contributed by atoms with Gasteiger partial charge in [0.15, 0.2) is 5.96 Å². The highest BCUT2D eigenvalue weighted by molar-refractivity contribution is 7.80. The molecule has 2 aromatic rings. The summed E-state index contributed by atoms with van der Waals surface area (Å²) in [7, 11) is 0. The summed E-state index contributed by atoms with van der Waals surface area (Å²) in [5.41, 5.74) is 6.62. The molecule has 0 bridgehead atoms. The van der Waals surface area contributed by atoms with Crippen LogP contribution >= 0.6 is 12.2 Å². The summed E-state index contributed by atoms with van der Waals surface area (Å²) in [5, 5.41) is 14.8. The highest BCUT2D eigenvalue weighted by Crippen LogP contribution is 2.07. The quantitative estimate of drug-likeness (QED) is 0.103. The lowest BCUT2D eigenvalue weighted by atomic mass is 10.1. The largest absolute Gasteiger partial charge is 0.445 e. The third-order valence-electron chi connectivity index (χ3n) is 4.73. The second kappa shape index (κ2) is 14.3. The predicted octanol–water partition coefficient (Wildman–Crippen LogP) is 1.97. The van der Waals surface area contributed by atoms with Crippen molar-refractivity contribution in [1.82, 2.24) is 16.0 Å². The molecule has 0 saturated carbocycles. The van der Waals surface area contributed by atoms with Crippen LogP contribution in [0.2, 0.25) is 0 Å². The number of carbonyl (C=O) groups is 3. The van der Waals surface area contributed by atoms with E-state index >= 15 is 0 Å². The zero-order valence-corrected chi connectivity index (χ0v) is 20.1. The minimum absolute atomic E-state index is 0.0210. The van der Waals surface area contributed by atoms with Gasteiger partial charge in [-0.15, -0.1) is 0 Å². The van der Waals surface area contributed by atoms with Crippen molar-refractivity contribution in [1.29, 1.82) is 5.41 Å². The monoisotopic (exact) mass is 499 g/mol. The lowest BCUT2D eigenvalue weighted by molar-refractivity contribution is -0.140. The van der Waals surface area contributed by atoms with Crippen LogP contribution in [0, 0.1) is 5.41 Å². The third-order valence-corrected chi connectivity index (χ3v) is 5.05. The van der Waals surface area contributed by atoms with Gasteiger partial charge in [-0.1, -0.05) is 60.7 Å². The summed E-state index contributed by atoms with van der Waals surface area (Å²) in [6.07, 6.45) is -0.182. The van der Waals surface area contributed by atoms with E-state index in [1.165, 1.54) is 6.92 Å². The Kier molecular flexibility index (Phi) is 11.1. The number of hydrogen-bond donors (Lipinski definition) is 5. The Labute approximate surface area is 209 Å². The molecule has 2 rings (SSSR count). The van der Waals surface area contributed by atoms with E-state index in [9.17, 15) is 14.4 Å². The Bertz CT molecular complexity index is 1020. The first-order valence-electron chi connectivity index (χ1n) is 10.9. The molecule has 0 aliphatic rings. The lowest BCUT2D eigenvalue weighted by Gasteiger charge is -2.21. The van der Waals surface area contributed by atoms with Crippen LogP contribution < -0.4 is 21.7 Å². The fourth-order valence-electron chi connectivity index (χ4n) is 2.88. The van der Waals surface area contributed by atoms with Crippen LogP contribution in [0.4, 0.5) is 4.79 Å². The van der Waals surface area contributed by atoms with Gasteiger partial charge in [-0.05, 0) is 37.5 Å². The SMILES string of the molecule is C[C@H](NC(=O)OCc1ccccc1)C(=O)N[C@@H](CCCNC(=N)N)C(=O)OC(=S)c1ccccc1. The second-order valence-corrected chi connectivity index (χ2v) is 7.92. The van der Waals surface area contributed by atoms with Crippen LogP contribution in [0.15, 0.2) is 60.7 Å². The number of alkyl carbamates (subject to hydrolysis) is 1. The van der Waals surface area contributed by atoms with E-state index in [0.717, 1.165) is 5.56 Å². The Morgan fingerprint density at radius 1 is 1.03 bits per heavy atom. The standard InChI is InChI=1S/C24H29N5O5S/c1-16(28-24(32)33-15-17-9-4-2-5-10-17)20(30)29-19(13-8-14-27-23(25)26)21(31)34-22(35)18-11-6-3-7-12-18/h2-7,9-12,16,19H,8,13-15H2,1H3,(H,28,32)(H,29,30)(H4,25,26,27)/t16-,19-/m0/s1. The van der Waals surface area contributed by atoms with E-state index in [1.807, 2.05) is 18.2 Å². The highest BCUT2D eigenvalue weighted by Gasteiger charge is 2.26. The number of carbonyl (C=O) groups excluding carboxylic acids is 3. The molecule has 0 aromatic heterocycles. The topological polar surface area (TPSA) is 156 Å². The summed E-state index contributed by atoms with van der Waals surface area (Å²) in [5.74, 6) is -1.55. The first-order valence-corrected chi connectivity index (χ1v) is 11.3. The van der Waals surface area contributed by atoms with Crippen LogP contribution in [-0.4, -0.2) is 47.6 Å². The number of nitrogens with two attached hydrogens (primary N) is 1. The zero-order chi connectivity index (χ0) is 25.6. The second-order valence-electron chi connectivity index (χ2n) is 7.55. The Morgan fingerprint density at radius 3 is 2.29 bits per heavy atom. The number of amides is 2. The number of hydrogen-bond acceptors (Lipinski definition) is 7. The predicted molar refractivity (Wildman–Crippen MR) is 135 cm³/mol. The van der Waals surface area contributed by atoms with Gasteiger partial charge < -0.3 is 31.2 Å². The Morgan fingerprint density at radius 2 is 1.66 bits per heavy atom. The molecule has 0 heterocycles. The third kappa shape index (κ3) is 10.2. The smallest absolute Gasteiger partial charge is 0.408 e. The van der Waals surface area contributed by atoms with Gasteiger partial charge in [-0.3, -0.25) is 10.2 Å². The highest BCUT2D eigenvalue weighted by atomic mass is 32.1. The van der Waals surface area contributed by atoms with Crippen molar-refractivity contribution in [2.24, 2.45) is 5.73 Å². The molecular formula is C24H29N5O5S. The Hall–Kier alpha value is -3.99. The van der Waals surface area contributed by atoms with Crippen molar-refractivity contribution in [3.63, 3.8) is 0 Å². The summed E-state index contributed by atoms with van der Waals surface area (Å²) in [6, 6.07) is 15.8. The fourth-order valence-corrected chi connectivity index (χ4v) is 3.10. The van der Waals surface area contributed by atoms with Crippen LogP contribution in [0.3, 0.4) is 0 Å². The van der Waals surface area contributed by atoms with Gasteiger partial charge in [0.05, 0.1) is 0 Å². The van der Waals surface area contributed by atoms with Gasteiger partial charge in [-0.2, -0.15) is 0 Å². The lowest BCUT2D eigenvalue weighted by Crippen LogP contribution is -2.51. The Balaban J connectivity index is 1.93. The molecule has 2 aromatic carbocycles. The molecule has 0 saturated heterocycles. The molecule has 35 heavy (non-hydrogen) atoms. The first kappa shape index (κ1) is 27.3. The molecule has 186 valence electrons. The molecule has 11 heteroatoms. The van der Waals surface area contributed by atoms with E-state index in [1.54, 1.807) is 42.5 Å². The van der Waals surface area contributed by atoms with E-state index in [2.05, 4.69) is 16.0 Å². The molecule has 2 atom stereocenters. The summed E-state index contributed by atoms with van der Waals surface area (Å²) in [6.45, 7) is 1.83. The summed E-state index contributed by atoms with van der Waals surface area (Å²) >= 11 is 5.19.